The quantitative estimate of drug-likeness (QED) is 0.793. The zero-order valence-corrected chi connectivity index (χ0v) is 11.0. The van der Waals surface area contributed by atoms with Crippen LogP contribution in [0, 0.1) is 0 Å². The molecule has 18 heavy (non-hydrogen) atoms. The van der Waals surface area contributed by atoms with Gasteiger partial charge in [-0.15, -0.1) is 0 Å². The molecule has 1 aliphatic rings. The lowest BCUT2D eigenvalue weighted by Gasteiger charge is -2.14. The first-order valence-electron chi connectivity index (χ1n) is 6.24. The van der Waals surface area contributed by atoms with Crippen molar-refractivity contribution in [2.45, 2.75) is 6.42 Å². The molecule has 0 aliphatic heterocycles. The van der Waals surface area contributed by atoms with Crippen LogP contribution in [0.2, 0.25) is 0 Å². The van der Waals surface area contributed by atoms with E-state index >= 15 is 0 Å². The molecule has 0 heterocycles. The number of rotatable bonds is 1. The smallest absolute Gasteiger partial charge is 0.00703 e. The van der Waals surface area contributed by atoms with Gasteiger partial charge in [-0.1, -0.05) is 55.1 Å². The molecule has 1 heteroatoms. The van der Waals surface area contributed by atoms with Crippen LogP contribution in [0.1, 0.15) is 16.7 Å². The fourth-order valence-corrected chi connectivity index (χ4v) is 2.33. The third-order valence-electron chi connectivity index (χ3n) is 3.05. The molecular formula is C17H19N. The second-order valence-corrected chi connectivity index (χ2v) is 4.39. The minimum Gasteiger partial charge on any atom is -0.323 e. The predicted molar refractivity (Wildman–Crippen MR) is 81.8 cm³/mol. The van der Waals surface area contributed by atoms with Crippen LogP contribution in [-0.4, -0.2) is 14.1 Å². The van der Waals surface area contributed by atoms with Gasteiger partial charge in [0, 0.05) is 0 Å². The van der Waals surface area contributed by atoms with E-state index in [1.807, 2.05) is 20.2 Å². The van der Waals surface area contributed by atoms with Gasteiger partial charge in [-0.2, -0.15) is 0 Å². The minimum atomic E-state index is 1.05. The number of allylic oxidation sites excluding steroid dienone is 1. The van der Waals surface area contributed by atoms with E-state index < -0.39 is 0 Å². The van der Waals surface area contributed by atoms with Crippen LogP contribution in [0.3, 0.4) is 0 Å². The summed E-state index contributed by atoms with van der Waals surface area (Å²) in [6.45, 7) is 3.87. The molecule has 0 fully saturated rings. The maximum atomic E-state index is 3.87. The largest absolute Gasteiger partial charge is 0.323 e. The van der Waals surface area contributed by atoms with Gasteiger partial charge in [0.2, 0.25) is 0 Å². The van der Waals surface area contributed by atoms with Crippen molar-refractivity contribution in [2.24, 2.45) is 0 Å². The van der Waals surface area contributed by atoms with E-state index in [0.717, 1.165) is 6.42 Å². The van der Waals surface area contributed by atoms with Gasteiger partial charge in [0.05, 0.1) is 0 Å². The predicted octanol–water partition coefficient (Wildman–Crippen LogP) is 3.89. The SMILES string of the molecule is C=Cc1ccc2cccc3c2c1C=CC3.CNC. The maximum Gasteiger partial charge on any atom is -0.00703 e. The van der Waals surface area contributed by atoms with Gasteiger partial charge < -0.3 is 5.32 Å². The van der Waals surface area contributed by atoms with Crippen molar-refractivity contribution in [1.82, 2.24) is 5.32 Å². The Hall–Kier alpha value is -1.86. The molecule has 0 amide bonds. The first kappa shape index (κ1) is 12.6. The molecule has 1 N–H and O–H groups in total. The fourth-order valence-electron chi connectivity index (χ4n) is 2.33. The molecule has 2 aromatic rings. The summed E-state index contributed by atoms with van der Waals surface area (Å²) in [5.41, 5.74) is 3.98. The van der Waals surface area contributed by atoms with Gasteiger partial charge in [-0.05, 0) is 48.0 Å². The van der Waals surface area contributed by atoms with Crippen LogP contribution in [0.5, 0.6) is 0 Å². The zero-order valence-electron chi connectivity index (χ0n) is 11.0. The highest BCUT2D eigenvalue weighted by atomic mass is 14.7. The van der Waals surface area contributed by atoms with Crippen molar-refractivity contribution < 1.29 is 0 Å². The van der Waals surface area contributed by atoms with E-state index in [0.29, 0.717) is 0 Å². The zero-order chi connectivity index (χ0) is 13.0. The maximum absolute atomic E-state index is 3.87. The number of hydrogen-bond donors (Lipinski definition) is 1. The third kappa shape index (κ3) is 2.22. The summed E-state index contributed by atoms with van der Waals surface area (Å²) >= 11 is 0. The number of benzene rings is 2. The van der Waals surface area contributed by atoms with Crippen molar-refractivity contribution >= 4 is 22.9 Å². The Bertz CT molecular complexity index is 594. The summed E-state index contributed by atoms with van der Waals surface area (Å²) in [5, 5.41) is 5.48. The van der Waals surface area contributed by atoms with E-state index in [2.05, 4.69) is 54.4 Å². The van der Waals surface area contributed by atoms with Crippen molar-refractivity contribution in [3.05, 3.63) is 59.7 Å². The molecule has 1 nitrogen and oxygen atoms in total. The summed E-state index contributed by atoms with van der Waals surface area (Å²) in [6, 6.07) is 10.8. The number of nitrogens with one attached hydrogen (secondary N) is 1. The van der Waals surface area contributed by atoms with Crippen LogP contribution in [0.25, 0.3) is 22.9 Å². The first-order valence-corrected chi connectivity index (χ1v) is 6.24. The average molecular weight is 237 g/mol. The van der Waals surface area contributed by atoms with Gasteiger partial charge in [0.1, 0.15) is 0 Å². The second kappa shape index (κ2) is 5.65. The van der Waals surface area contributed by atoms with Crippen molar-refractivity contribution in [2.75, 3.05) is 14.1 Å². The van der Waals surface area contributed by atoms with Crippen LogP contribution in [-0.2, 0) is 6.42 Å². The molecule has 0 aromatic heterocycles. The molecule has 0 saturated carbocycles. The number of hydrogen-bond acceptors (Lipinski definition) is 1. The van der Waals surface area contributed by atoms with E-state index in [9.17, 15) is 0 Å². The van der Waals surface area contributed by atoms with Crippen molar-refractivity contribution in [3.63, 3.8) is 0 Å². The Morgan fingerprint density at radius 2 is 1.94 bits per heavy atom. The Morgan fingerprint density at radius 3 is 2.67 bits per heavy atom. The van der Waals surface area contributed by atoms with Crippen LogP contribution in [0.4, 0.5) is 0 Å². The molecule has 2 aromatic carbocycles. The first-order chi connectivity index (χ1) is 8.81. The Kier molecular flexibility index (Phi) is 3.96. The van der Waals surface area contributed by atoms with Crippen LogP contribution < -0.4 is 5.32 Å². The van der Waals surface area contributed by atoms with Gasteiger partial charge in [-0.25, -0.2) is 0 Å². The second-order valence-electron chi connectivity index (χ2n) is 4.39. The standard InChI is InChI=1S/C15H12.C2H7N/c1-2-11-9-10-13-6-3-5-12-7-4-8-14(11)15(12)13;1-3-2/h2-6,8-10H,1,7H2;3H,1-2H3. The van der Waals surface area contributed by atoms with Gasteiger partial charge >= 0.3 is 0 Å². The Labute approximate surface area is 109 Å². The lowest BCUT2D eigenvalue weighted by atomic mass is 9.90. The summed E-state index contributed by atoms with van der Waals surface area (Å²) in [7, 11) is 3.75. The topological polar surface area (TPSA) is 12.0 Å². The monoisotopic (exact) mass is 237 g/mol. The molecule has 0 unspecified atom stereocenters. The summed E-state index contributed by atoms with van der Waals surface area (Å²) < 4.78 is 0. The highest BCUT2D eigenvalue weighted by molar-refractivity contribution is 5.97. The molecule has 0 bridgehead atoms. The van der Waals surface area contributed by atoms with E-state index in [1.165, 1.54) is 27.5 Å². The highest BCUT2D eigenvalue weighted by Crippen LogP contribution is 2.31. The molecule has 0 saturated heterocycles. The lowest BCUT2D eigenvalue weighted by Crippen LogP contribution is -1.94. The highest BCUT2D eigenvalue weighted by Gasteiger charge is 2.09. The summed E-state index contributed by atoms with van der Waals surface area (Å²) in [4.78, 5) is 0. The van der Waals surface area contributed by atoms with Gasteiger partial charge in [0.25, 0.3) is 0 Å². The van der Waals surface area contributed by atoms with Gasteiger partial charge in [-0.3, -0.25) is 0 Å². The molecule has 1 aliphatic carbocycles. The van der Waals surface area contributed by atoms with Gasteiger partial charge in [0.15, 0.2) is 0 Å². The Balaban J connectivity index is 0.000000367. The van der Waals surface area contributed by atoms with E-state index in [4.69, 9.17) is 0 Å². The molecule has 92 valence electrons. The molecule has 0 radical (unpaired) electrons. The lowest BCUT2D eigenvalue weighted by molar-refractivity contribution is 1.02. The summed E-state index contributed by atoms with van der Waals surface area (Å²) in [6.07, 6.45) is 7.42. The van der Waals surface area contributed by atoms with Crippen LogP contribution in [0.15, 0.2) is 43.0 Å². The molecule has 3 rings (SSSR count). The van der Waals surface area contributed by atoms with Crippen molar-refractivity contribution in [1.29, 1.82) is 0 Å². The average Bonchev–Trinajstić information content (AvgIpc) is 2.41. The molecule has 0 spiro atoms. The molecule has 0 atom stereocenters. The van der Waals surface area contributed by atoms with E-state index in [1.54, 1.807) is 0 Å². The normalized spacial score (nSPS) is 11.9. The van der Waals surface area contributed by atoms with Crippen LogP contribution >= 0.6 is 0 Å². The Morgan fingerprint density at radius 1 is 1.17 bits per heavy atom. The van der Waals surface area contributed by atoms with Crippen molar-refractivity contribution in [3.8, 4) is 0 Å². The fraction of sp³-hybridized carbons (Fsp3) is 0.176. The molecular weight excluding hydrogens is 218 g/mol. The third-order valence-corrected chi connectivity index (χ3v) is 3.05. The summed E-state index contributed by atoms with van der Waals surface area (Å²) in [5.74, 6) is 0. The minimum absolute atomic E-state index is 1.05. The van der Waals surface area contributed by atoms with E-state index in [-0.39, 0.29) is 0 Å².